The summed E-state index contributed by atoms with van der Waals surface area (Å²) < 4.78 is 23.7. The third-order valence-corrected chi connectivity index (χ3v) is 5.81. The van der Waals surface area contributed by atoms with Gasteiger partial charge in [0, 0.05) is 24.4 Å². The molecule has 1 aliphatic carbocycles. The van der Waals surface area contributed by atoms with E-state index >= 15 is 0 Å². The predicted octanol–water partition coefficient (Wildman–Crippen LogP) is 1.79. The Labute approximate surface area is 118 Å². The standard InChI is InChI=1S/C14H30N2O2S/c1-3-9-16(10-12-19(17,18)11-4-2)14-7-5-13(15)6-8-14/h13-14H,3-12,15H2,1-2H3. The number of rotatable bonds is 8. The Morgan fingerprint density at radius 1 is 1.00 bits per heavy atom. The number of hydrogen-bond donors (Lipinski definition) is 1. The van der Waals surface area contributed by atoms with Gasteiger partial charge in [0.2, 0.25) is 0 Å². The predicted molar refractivity (Wildman–Crippen MR) is 81.0 cm³/mol. The van der Waals surface area contributed by atoms with Gasteiger partial charge in [-0.2, -0.15) is 0 Å². The zero-order valence-corrected chi connectivity index (χ0v) is 13.3. The Morgan fingerprint density at radius 2 is 1.63 bits per heavy atom. The lowest BCUT2D eigenvalue weighted by Crippen LogP contribution is -2.43. The molecule has 1 aliphatic rings. The van der Waals surface area contributed by atoms with Gasteiger partial charge in [-0.15, -0.1) is 0 Å². The first-order valence-electron chi connectivity index (χ1n) is 7.68. The van der Waals surface area contributed by atoms with E-state index in [9.17, 15) is 8.42 Å². The van der Waals surface area contributed by atoms with Crippen LogP contribution in [0.5, 0.6) is 0 Å². The van der Waals surface area contributed by atoms with E-state index in [4.69, 9.17) is 5.73 Å². The fourth-order valence-electron chi connectivity index (χ4n) is 2.90. The highest BCUT2D eigenvalue weighted by molar-refractivity contribution is 7.91. The van der Waals surface area contributed by atoms with Gasteiger partial charge in [-0.25, -0.2) is 8.42 Å². The number of hydrogen-bond acceptors (Lipinski definition) is 4. The number of sulfone groups is 1. The molecule has 0 aromatic rings. The van der Waals surface area contributed by atoms with E-state index in [1.54, 1.807) is 0 Å². The molecule has 0 amide bonds. The second-order valence-electron chi connectivity index (χ2n) is 5.76. The number of nitrogens with zero attached hydrogens (tertiary/aromatic N) is 1. The van der Waals surface area contributed by atoms with Gasteiger partial charge >= 0.3 is 0 Å². The highest BCUT2D eigenvalue weighted by Crippen LogP contribution is 2.22. The van der Waals surface area contributed by atoms with Crippen LogP contribution in [0.1, 0.15) is 52.4 Å². The molecule has 0 bridgehead atoms. The van der Waals surface area contributed by atoms with E-state index in [1.165, 1.54) is 0 Å². The molecule has 0 unspecified atom stereocenters. The van der Waals surface area contributed by atoms with Crippen LogP contribution in [0.4, 0.5) is 0 Å². The van der Waals surface area contributed by atoms with E-state index < -0.39 is 9.84 Å². The van der Waals surface area contributed by atoms with Crippen LogP contribution in [-0.2, 0) is 9.84 Å². The van der Waals surface area contributed by atoms with Gasteiger partial charge < -0.3 is 5.73 Å². The summed E-state index contributed by atoms with van der Waals surface area (Å²) in [5.41, 5.74) is 5.94. The van der Waals surface area contributed by atoms with Crippen molar-refractivity contribution in [2.24, 2.45) is 5.73 Å². The van der Waals surface area contributed by atoms with E-state index in [-0.39, 0.29) is 0 Å². The van der Waals surface area contributed by atoms with Crippen molar-refractivity contribution < 1.29 is 8.42 Å². The number of nitrogens with two attached hydrogens (primary N) is 1. The van der Waals surface area contributed by atoms with Crippen LogP contribution in [0.3, 0.4) is 0 Å². The zero-order valence-electron chi connectivity index (χ0n) is 12.5. The average molecular weight is 290 g/mol. The summed E-state index contributed by atoms with van der Waals surface area (Å²) in [4.78, 5) is 2.37. The molecule has 1 rings (SSSR count). The van der Waals surface area contributed by atoms with E-state index in [2.05, 4.69) is 11.8 Å². The third kappa shape index (κ3) is 6.23. The maximum atomic E-state index is 11.8. The van der Waals surface area contributed by atoms with Gasteiger partial charge in [0.15, 0.2) is 9.84 Å². The fourth-order valence-corrected chi connectivity index (χ4v) is 4.24. The maximum Gasteiger partial charge on any atom is 0.151 e. The van der Waals surface area contributed by atoms with Gasteiger partial charge in [0.1, 0.15) is 0 Å². The van der Waals surface area contributed by atoms with Crippen molar-refractivity contribution in [3.8, 4) is 0 Å². The highest BCUT2D eigenvalue weighted by atomic mass is 32.2. The molecule has 2 N–H and O–H groups in total. The molecule has 0 atom stereocenters. The van der Waals surface area contributed by atoms with E-state index in [1.807, 2.05) is 6.92 Å². The molecule has 4 nitrogen and oxygen atoms in total. The molecule has 0 radical (unpaired) electrons. The Bertz CT molecular complexity index is 335. The molecule has 0 aromatic carbocycles. The maximum absolute atomic E-state index is 11.8. The second-order valence-corrected chi connectivity index (χ2v) is 8.06. The van der Waals surface area contributed by atoms with E-state index in [0.717, 1.165) is 38.6 Å². The molecule has 0 aromatic heterocycles. The lowest BCUT2D eigenvalue weighted by Gasteiger charge is -2.36. The van der Waals surface area contributed by atoms with Gasteiger partial charge in [0.25, 0.3) is 0 Å². The summed E-state index contributed by atoms with van der Waals surface area (Å²) in [6, 6.07) is 0.889. The van der Waals surface area contributed by atoms with Crippen molar-refractivity contribution in [1.29, 1.82) is 0 Å². The summed E-state index contributed by atoms with van der Waals surface area (Å²) >= 11 is 0. The second kappa shape index (κ2) is 8.22. The minimum Gasteiger partial charge on any atom is -0.328 e. The molecule has 1 fully saturated rings. The molecule has 0 heterocycles. The summed E-state index contributed by atoms with van der Waals surface area (Å²) in [6.45, 7) is 5.77. The lowest BCUT2D eigenvalue weighted by molar-refractivity contribution is 0.158. The average Bonchev–Trinajstić information content (AvgIpc) is 2.35. The molecule has 5 heteroatoms. The molecule has 19 heavy (non-hydrogen) atoms. The third-order valence-electron chi connectivity index (χ3n) is 3.97. The molecule has 1 saturated carbocycles. The van der Waals surface area contributed by atoms with Crippen molar-refractivity contribution in [2.75, 3.05) is 24.6 Å². The van der Waals surface area contributed by atoms with Crippen LogP contribution in [0.25, 0.3) is 0 Å². The zero-order chi connectivity index (χ0) is 14.3. The van der Waals surface area contributed by atoms with Gasteiger partial charge in [-0.1, -0.05) is 13.8 Å². The van der Waals surface area contributed by atoms with Crippen molar-refractivity contribution in [3.63, 3.8) is 0 Å². The highest BCUT2D eigenvalue weighted by Gasteiger charge is 2.24. The summed E-state index contributed by atoms with van der Waals surface area (Å²) in [7, 11) is -2.86. The Morgan fingerprint density at radius 3 is 2.16 bits per heavy atom. The Balaban J connectivity index is 2.48. The minimum absolute atomic E-state index is 0.309. The Hall–Kier alpha value is -0.130. The van der Waals surface area contributed by atoms with Crippen molar-refractivity contribution >= 4 is 9.84 Å². The Kier molecular flexibility index (Phi) is 7.32. The quantitative estimate of drug-likeness (QED) is 0.740. The SMILES string of the molecule is CCCN(CCS(=O)(=O)CCC)C1CCC(N)CC1. The first-order chi connectivity index (χ1) is 8.98. The van der Waals surface area contributed by atoms with Crippen LogP contribution in [0.2, 0.25) is 0 Å². The van der Waals surface area contributed by atoms with Crippen molar-refractivity contribution in [2.45, 2.75) is 64.5 Å². The normalized spacial score (nSPS) is 24.8. The topological polar surface area (TPSA) is 63.4 Å². The monoisotopic (exact) mass is 290 g/mol. The fraction of sp³-hybridized carbons (Fsp3) is 1.00. The van der Waals surface area contributed by atoms with Gasteiger partial charge in [-0.05, 0) is 45.1 Å². The molecular formula is C14H30N2O2S. The van der Waals surface area contributed by atoms with Gasteiger partial charge in [0.05, 0.1) is 5.75 Å². The lowest BCUT2D eigenvalue weighted by atomic mass is 9.90. The van der Waals surface area contributed by atoms with Crippen LogP contribution >= 0.6 is 0 Å². The smallest absolute Gasteiger partial charge is 0.151 e. The summed E-state index contributed by atoms with van der Waals surface area (Å²) in [6.07, 6.45) is 6.19. The summed E-state index contributed by atoms with van der Waals surface area (Å²) in [5, 5.41) is 0. The molecule has 114 valence electrons. The van der Waals surface area contributed by atoms with Crippen LogP contribution in [0, 0.1) is 0 Å². The molecule has 0 saturated heterocycles. The van der Waals surface area contributed by atoms with Crippen molar-refractivity contribution in [3.05, 3.63) is 0 Å². The van der Waals surface area contributed by atoms with Crippen molar-refractivity contribution in [1.82, 2.24) is 4.90 Å². The van der Waals surface area contributed by atoms with E-state index in [0.29, 0.717) is 36.6 Å². The molecule has 0 aliphatic heterocycles. The molecular weight excluding hydrogens is 260 g/mol. The summed E-state index contributed by atoms with van der Waals surface area (Å²) in [5.74, 6) is 0.631. The van der Waals surface area contributed by atoms with Crippen LogP contribution in [0.15, 0.2) is 0 Å². The molecule has 0 spiro atoms. The van der Waals surface area contributed by atoms with Gasteiger partial charge in [-0.3, -0.25) is 4.90 Å². The first-order valence-corrected chi connectivity index (χ1v) is 9.50. The van der Waals surface area contributed by atoms with Crippen LogP contribution < -0.4 is 5.73 Å². The minimum atomic E-state index is -2.86. The first kappa shape index (κ1) is 16.9. The largest absolute Gasteiger partial charge is 0.328 e. The van der Waals surface area contributed by atoms with Crippen LogP contribution in [-0.4, -0.2) is 50.0 Å².